The highest BCUT2D eigenvalue weighted by atomic mass is 127. The molecule has 0 aliphatic heterocycles. The zero-order valence-corrected chi connectivity index (χ0v) is 19.8. The molecular formula is C26H30IN3. The molecule has 2 aromatic rings. The van der Waals surface area contributed by atoms with Crippen molar-refractivity contribution in [3.05, 3.63) is 68.8 Å². The van der Waals surface area contributed by atoms with E-state index in [0.29, 0.717) is 17.9 Å². The molecule has 30 heavy (non-hydrogen) atoms. The Bertz CT molecular complexity index is 888. The van der Waals surface area contributed by atoms with E-state index in [1.54, 1.807) is 0 Å². The summed E-state index contributed by atoms with van der Waals surface area (Å²) in [4.78, 5) is 0. The largest absolute Gasteiger partial charge is 0.310 e. The summed E-state index contributed by atoms with van der Waals surface area (Å²) in [6.07, 6.45) is 7.78. The van der Waals surface area contributed by atoms with Gasteiger partial charge in [-0.2, -0.15) is 10.5 Å². The van der Waals surface area contributed by atoms with Crippen molar-refractivity contribution in [3.63, 3.8) is 0 Å². The maximum absolute atomic E-state index is 9.44. The minimum atomic E-state index is 0.207. The SMILES string of the molecule is C[C@H](NC(CC#N)C1CCCCC1)[C@@H](Cc1ccc(I)cc1)c1cccc(C#N)c1. The quantitative estimate of drug-likeness (QED) is 0.422. The van der Waals surface area contributed by atoms with E-state index in [2.05, 4.69) is 77.3 Å². The van der Waals surface area contributed by atoms with Gasteiger partial charge in [-0.1, -0.05) is 43.5 Å². The average molecular weight is 511 g/mol. The summed E-state index contributed by atoms with van der Waals surface area (Å²) >= 11 is 2.34. The van der Waals surface area contributed by atoms with Crippen molar-refractivity contribution < 1.29 is 0 Å². The van der Waals surface area contributed by atoms with Gasteiger partial charge in [0, 0.05) is 21.6 Å². The molecule has 1 unspecified atom stereocenters. The highest BCUT2D eigenvalue weighted by molar-refractivity contribution is 14.1. The van der Waals surface area contributed by atoms with Crippen LogP contribution in [-0.2, 0) is 6.42 Å². The molecule has 1 aliphatic carbocycles. The van der Waals surface area contributed by atoms with E-state index in [1.807, 2.05) is 18.2 Å². The Balaban J connectivity index is 1.84. The molecule has 1 saturated carbocycles. The van der Waals surface area contributed by atoms with Gasteiger partial charge in [0.2, 0.25) is 0 Å². The molecule has 0 radical (unpaired) electrons. The summed E-state index contributed by atoms with van der Waals surface area (Å²) in [6.45, 7) is 2.24. The first-order valence-electron chi connectivity index (χ1n) is 11.0. The molecule has 1 aliphatic rings. The Morgan fingerprint density at radius 3 is 2.47 bits per heavy atom. The number of nitrogens with zero attached hydrogens (tertiary/aromatic N) is 2. The summed E-state index contributed by atoms with van der Waals surface area (Å²) in [5, 5.41) is 22.7. The third-order valence-electron chi connectivity index (χ3n) is 6.42. The third kappa shape index (κ3) is 6.30. The molecule has 0 amide bonds. The van der Waals surface area contributed by atoms with Crippen molar-refractivity contribution in [2.24, 2.45) is 5.92 Å². The van der Waals surface area contributed by atoms with Crippen LogP contribution in [0, 0.1) is 32.2 Å². The molecule has 0 heterocycles. The van der Waals surface area contributed by atoms with Gasteiger partial charge in [0.1, 0.15) is 0 Å². The molecule has 3 rings (SSSR count). The van der Waals surface area contributed by atoms with E-state index in [9.17, 15) is 10.5 Å². The summed E-state index contributed by atoms with van der Waals surface area (Å²) < 4.78 is 1.23. The Morgan fingerprint density at radius 2 is 1.80 bits per heavy atom. The topological polar surface area (TPSA) is 59.6 Å². The lowest BCUT2D eigenvalue weighted by Gasteiger charge is -2.35. The van der Waals surface area contributed by atoms with Gasteiger partial charge in [-0.05, 0) is 90.1 Å². The van der Waals surface area contributed by atoms with E-state index in [-0.39, 0.29) is 18.0 Å². The molecule has 0 bridgehead atoms. The van der Waals surface area contributed by atoms with Crippen molar-refractivity contribution in [2.75, 3.05) is 0 Å². The number of rotatable bonds is 8. The van der Waals surface area contributed by atoms with Crippen LogP contribution in [0.2, 0.25) is 0 Å². The van der Waals surface area contributed by atoms with Gasteiger partial charge in [0.15, 0.2) is 0 Å². The zero-order chi connectivity index (χ0) is 21.3. The lowest BCUT2D eigenvalue weighted by molar-refractivity contribution is 0.246. The van der Waals surface area contributed by atoms with Crippen LogP contribution >= 0.6 is 22.6 Å². The molecule has 0 aromatic heterocycles. The van der Waals surface area contributed by atoms with Crippen molar-refractivity contribution in [3.8, 4) is 12.1 Å². The standard InChI is InChI=1S/C26H30IN3/c1-19(30-26(14-15-28)22-7-3-2-4-8-22)25(17-20-10-12-24(27)13-11-20)23-9-5-6-21(16-23)18-29/h5-6,9-13,16,19,22,25-26,30H,2-4,7-8,14,17H2,1H3/t19-,25+,26?/m0/s1. The third-order valence-corrected chi connectivity index (χ3v) is 7.14. The van der Waals surface area contributed by atoms with Crippen LogP contribution < -0.4 is 5.32 Å². The molecular weight excluding hydrogens is 481 g/mol. The van der Waals surface area contributed by atoms with E-state index in [0.717, 1.165) is 6.42 Å². The number of hydrogen-bond donors (Lipinski definition) is 1. The number of nitrogens with one attached hydrogen (secondary N) is 1. The van der Waals surface area contributed by atoms with E-state index >= 15 is 0 Å². The fourth-order valence-corrected chi connectivity index (χ4v) is 5.11. The molecule has 3 atom stereocenters. The minimum Gasteiger partial charge on any atom is -0.310 e. The molecule has 1 fully saturated rings. The smallest absolute Gasteiger partial charge is 0.0991 e. The first kappa shape index (κ1) is 22.8. The lowest BCUT2D eigenvalue weighted by Crippen LogP contribution is -2.45. The molecule has 1 N–H and O–H groups in total. The second-order valence-corrected chi connectivity index (χ2v) is 9.74. The predicted octanol–water partition coefficient (Wildman–Crippen LogP) is 6.33. The highest BCUT2D eigenvalue weighted by Gasteiger charge is 2.28. The van der Waals surface area contributed by atoms with E-state index in [1.165, 1.54) is 46.8 Å². The normalized spacial score (nSPS) is 17.5. The Morgan fingerprint density at radius 1 is 1.07 bits per heavy atom. The molecule has 4 heteroatoms. The maximum atomic E-state index is 9.44. The second kappa shape index (κ2) is 11.5. The average Bonchev–Trinajstić information content (AvgIpc) is 2.79. The van der Waals surface area contributed by atoms with Crippen molar-refractivity contribution >= 4 is 22.6 Å². The molecule has 2 aromatic carbocycles. The van der Waals surface area contributed by atoms with Gasteiger partial charge in [-0.25, -0.2) is 0 Å². The van der Waals surface area contributed by atoms with Crippen LogP contribution in [-0.4, -0.2) is 12.1 Å². The second-order valence-electron chi connectivity index (χ2n) is 8.50. The van der Waals surface area contributed by atoms with Crippen molar-refractivity contribution in [1.29, 1.82) is 10.5 Å². The highest BCUT2D eigenvalue weighted by Crippen LogP contribution is 2.31. The summed E-state index contributed by atoms with van der Waals surface area (Å²) in [5.41, 5.74) is 3.19. The summed E-state index contributed by atoms with van der Waals surface area (Å²) in [6, 6.07) is 21.8. The van der Waals surface area contributed by atoms with E-state index < -0.39 is 0 Å². The van der Waals surface area contributed by atoms with Crippen LogP contribution in [0.1, 0.15) is 68.1 Å². The van der Waals surface area contributed by atoms with E-state index in [4.69, 9.17) is 0 Å². The van der Waals surface area contributed by atoms with Gasteiger partial charge in [-0.3, -0.25) is 0 Å². The van der Waals surface area contributed by atoms with Gasteiger partial charge in [0.25, 0.3) is 0 Å². The summed E-state index contributed by atoms with van der Waals surface area (Å²) in [5.74, 6) is 0.827. The van der Waals surface area contributed by atoms with Crippen LogP contribution in [0.4, 0.5) is 0 Å². The van der Waals surface area contributed by atoms with Gasteiger partial charge >= 0.3 is 0 Å². The fraction of sp³-hybridized carbons (Fsp3) is 0.462. The lowest BCUT2D eigenvalue weighted by atomic mass is 9.81. The predicted molar refractivity (Wildman–Crippen MR) is 130 cm³/mol. The van der Waals surface area contributed by atoms with Crippen LogP contribution in [0.25, 0.3) is 0 Å². The van der Waals surface area contributed by atoms with Crippen molar-refractivity contribution in [1.82, 2.24) is 5.32 Å². The van der Waals surface area contributed by atoms with Crippen LogP contribution in [0.3, 0.4) is 0 Å². The van der Waals surface area contributed by atoms with Gasteiger partial charge < -0.3 is 5.32 Å². The number of nitriles is 2. The Labute approximate surface area is 194 Å². The Kier molecular flexibility index (Phi) is 8.73. The van der Waals surface area contributed by atoms with Gasteiger partial charge in [0.05, 0.1) is 24.1 Å². The number of hydrogen-bond acceptors (Lipinski definition) is 3. The van der Waals surface area contributed by atoms with Crippen molar-refractivity contribution in [2.45, 2.75) is 69.9 Å². The minimum absolute atomic E-state index is 0.207. The Hall–Kier alpha value is -1.89. The number of benzene rings is 2. The fourth-order valence-electron chi connectivity index (χ4n) is 4.75. The van der Waals surface area contributed by atoms with Crippen LogP contribution in [0.5, 0.6) is 0 Å². The molecule has 156 valence electrons. The first-order chi connectivity index (χ1) is 14.6. The first-order valence-corrected chi connectivity index (χ1v) is 12.1. The monoisotopic (exact) mass is 511 g/mol. The van der Waals surface area contributed by atoms with Crippen LogP contribution in [0.15, 0.2) is 48.5 Å². The number of halogens is 1. The molecule has 0 spiro atoms. The molecule has 0 saturated heterocycles. The molecule has 3 nitrogen and oxygen atoms in total. The zero-order valence-electron chi connectivity index (χ0n) is 17.7. The van der Waals surface area contributed by atoms with Gasteiger partial charge in [-0.15, -0.1) is 0 Å². The summed E-state index contributed by atoms with van der Waals surface area (Å²) in [7, 11) is 0. The maximum Gasteiger partial charge on any atom is 0.0991 e.